The van der Waals surface area contributed by atoms with Gasteiger partial charge in [0.2, 0.25) is 11.4 Å². The molecule has 0 saturated carbocycles. The standard InChI is InChI=1S/C20H19N5O.C2H4O2/c1-14-18(23-16-13-22-25(11-12-26)20(16)21)17-9-5-6-10-24(17)19(14)15-7-3-2-4-8-15;1-2(3)4/h2-10,13,21,26H,11-12H2,1H3;1H3,(H,3,4). The second-order valence-corrected chi connectivity index (χ2v) is 6.61. The third kappa shape index (κ3) is 4.28. The van der Waals surface area contributed by atoms with E-state index in [0.717, 1.165) is 35.2 Å². The molecule has 0 amide bonds. The SMILES string of the molecule is CC(=O)[O-].CC1=C(c2ccccc2)[n+]2ccccc2C1=Nc1cnn(CCO)c1N. The number of allylic oxidation sites excluding steroid dienone is 1. The van der Waals surface area contributed by atoms with Gasteiger partial charge in [0.15, 0.2) is 6.20 Å². The number of hydrogen-bond acceptors (Lipinski definition) is 6. The summed E-state index contributed by atoms with van der Waals surface area (Å²) in [6.07, 6.45) is 3.68. The third-order valence-electron chi connectivity index (χ3n) is 4.51. The van der Waals surface area contributed by atoms with Gasteiger partial charge in [-0.05, 0) is 32.0 Å². The van der Waals surface area contributed by atoms with Crippen molar-refractivity contribution in [1.29, 1.82) is 0 Å². The van der Waals surface area contributed by atoms with Crippen LogP contribution in [0.15, 0.2) is 71.5 Å². The Morgan fingerprint density at radius 1 is 1.23 bits per heavy atom. The summed E-state index contributed by atoms with van der Waals surface area (Å²) in [5.74, 6) is -0.630. The van der Waals surface area contributed by atoms with Crippen LogP contribution in [0.1, 0.15) is 25.1 Å². The van der Waals surface area contributed by atoms with Gasteiger partial charge in [-0.25, -0.2) is 9.67 Å². The topological polar surface area (TPSA) is 120 Å². The number of anilines is 1. The maximum atomic E-state index is 9.11. The lowest BCUT2D eigenvalue weighted by Crippen LogP contribution is -2.34. The van der Waals surface area contributed by atoms with Gasteiger partial charge < -0.3 is 20.7 Å². The number of nitrogens with zero attached hydrogens (tertiary/aromatic N) is 4. The van der Waals surface area contributed by atoms with Crippen LogP contribution in [0.2, 0.25) is 0 Å². The number of carboxylic acid groups (broad SMARTS) is 1. The molecule has 0 atom stereocenters. The van der Waals surface area contributed by atoms with Gasteiger partial charge in [0.1, 0.15) is 17.2 Å². The maximum absolute atomic E-state index is 9.11. The smallest absolute Gasteiger partial charge is 0.237 e. The van der Waals surface area contributed by atoms with Crippen LogP contribution in [-0.4, -0.2) is 33.2 Å². The molecular weight excluding hydrogens is 382 g/mol. The number of aliphatic imine (C=N–C) groups is 1. The zero-order valence-electron chi connectivity index (χ0n) is 16.8. The summed E-state index contributed by atoms with van der Waals surface area (Å²) in [5.41, 5.74) is 12.0. The number of carbonyl (C=O) groups is 1. The van der Waals surface area contributed by atoms with Crippen molar-refractivity contribution < 1.29 is 19.6 Å². The van der Waals surface area contributed by atoms with E-state index in [4.69, 9.17) is 25.7 Å². The number of nitrogens with two attached hydrogens (primary N) is 1. The second-order valence-electron chi connectivity index (χ2n) is 6.61. The van der Waals surface area contributed by atoms with Crippen molar-refractivity contribution >= 4 is 28.9 Å². The number of rotatable bonds is 4. The first kappa shape index (κ1) is 20.9. The summed E-state index contributed by atoms with van der Waals surface area (Å²) in [6.45, 7) is 3.38. The quantitative estimate of drug-likeness (QED) is 0.625. The summed E-state index contributed by atoms with van der Waals surface area (Å²) in [4.78, 5) is 13.7. The van der Waals surface area contributed by atoms with Crippen molar-refractivity contribution in [3.8, 4) is 0 Å². The number of pyridine rings is 1. The number of hydrogen-bond donors (Lipinski definition) is 2. The van der Waals surface area contributed by atoms with Crippen molar-refractivity contribution in [1.82, 2.24) is 9.78 Å². The predicted molar refractivity (Wildman–Crippen MR) is 112 cm³/mol. The molecule has 8 heteroatoms. The Morgan fingerprint density at radius 3 is 2.57 bits per heavy atom. The number of carbonyl (C=O) groups excluding carboxylic acids is 1. The van der Waals surface area contributed by atoms with E-state index in [1.54, 1.807) is 10.9 Å². The first-order valence-electron chi connectivity index (χ1n) is 9.40. The molecule has 4 rings (SSSR count). The van der Waals surface area contributed by atoms with E-state index in [1.165, 1.54) is 0 Å². The molecule has 0 spiro atoms. The number of nitrogen functional groups attached to an aromatic ring is 1. The summed E-state index contributed by atoms with van der Waals surface area (Å²) < 4.78 is 3.71. The molecule has 0 radical (unpaired) electrons. The second kappa shape index (κ2) is 9.15. The lowest BCUT2D eigenvalue weighted by molar-refractivity contribution is -0.577. The molecule has 3 N–H and O–H groups in total. The molecule has 2 aromatic heterocycles. The van der Waals surface area contributed by atoms with E-state index >= 15 is 0 Å². The van der Waals surface area contributed by atoms with Crippen LogP contribution in [-0.2, 0) is 11.3 Å². The van der Waals surface area contributed by atoms with Gasteiger partial charge in [-0.1, -0.05) is 18.2 Å². The number of aliphatic hydroxyl groups is 1. The largest absolute Gasteiger partial charge is 0.550 e. The van der Waals surface area contributed by atoms with Crippen LogP contribution in [0.3, 0.4) is 0 Å². The molecule has 0 saturated heterocycles. The molecule has 0 fully saturated rings. The molecule has 0 bridgehead atoms. The van der Waals surface area contributed by atoms with E-state index in [2.05, 4.69) is 28.7 Å². The summed E-state index contributed by atoms with van der Waals surface area (Å²) in [5, 5.41) is 22.2. The molecule has 30 heavy (non-hydrogen) atoms. The highest BCUT2D eigenvalue weighted by atomic mass is 16.4. The molecule has 3 aromatic rings. The molecule has 8 nitrogen and oxygen atoms in total. The molecule has 0 unspecified atom stereocenters. The highest BCUT2D eigenvalue weighted by Gasteiger charge is 2.34. The Balaban J connectivity index is 0.000000589. The fourth-order valence-electron chi connectivity index (χ4n) is 3.27. The molecule has 1 aromatic carbocycles. The van der Waals surface area contributed by atoms with Crippen LogP contribution >= 0.6 is 0 Å². The van der Waals surface area contributed by atoms with Crippen LogP contribution in [0.25, 0.3) is 5.70 Å². The number of aliphatic hydroxyl groups excluding tert-OH is 1. The lowest BCUT2D eigenvalue weighted by Gasteiger charge is -2.01. The highest BCUT2D eigenvalue weighted by Crippen LogP contribution is 2.29. The fraction of sp³-hybridized carbons (Fsp3) is 0.182. The summed E-state index contributed by atoms with van der Waals surface area (Å²) in [6, 6.07) is 16.3. The average molecular weight is 405 g/mol. The Kier molecular flexibility index (Phi) is 6.38. The number of fused-ring (bicyclic) bond motifs is 1. The van der Waals surface area contributed by atoms with Crippen molar-refractivity contribution in [3.05, 3.63) is 77.8 Å². The van der Waals surface area contributed by atoms with Crippen LogP contribution in [0.5, 0.6) is 0 Å². The Bertz CT molecular complexity index is 1110. The Morgan fingerprint density at radius 2 is 1.90 bits per heavy atom. The molecule has 0 aliphatic carbocycles. The zero-order chi connectivity index (χ0) is 21.7. The summed E-state index contributed by atoms with van der Waals surface area (Å²) >= 11 is 0. The number of aliphatic carboxylic acids is 1. The maximum Gasteiger partial charge on any atom is 0.237 e. The minimum absolute atomic E-state index is 0.0162. The normalized spacial score (nSPS) is 13.8. The van der Waals surface area contributed by atoms with E-state index in [1.807, 2.05) is 42.6 Å². The minimum Gasteiger partial charge on any atom is -0.550 e. The van der Waals surface area contributed by atoms with Gasteiger partial charge in [0.25, 0.3) is 0 Å². The molecule has 1 aliphatic rings. The van der Waals surface area contributed by atoms with Gasteiger partial charge in [-0.15, -0.1) is 0 Å². The molecular formula is C22H23N5O3. The van der Waals surface area contributed by atoms with Crippen molar-refractivity contribution in [2.75, 3.05) is 12.3 Å². The van der Waals surface area contributed by atoms with Gasteiger partial charge in [-0.3, -0.25) is 0 Å². The monoisotopic (exact) mass is 405 g/mol. The molecule has 154 valence electrons. The summed E-state index contributed by atoms with van der Waals surface area (Å²) in [7, 11) is 0. The number of carboxylic acids is 1. The van der Waals surface area contributed by atoms with E-state index in [0.29, 0.717) is 18.1 Å². The van der Waals surface area contributed by atoms with E-state index < -0.39 is 5.97 Å². The minimum atomic E-state index is -1.08. The van der Waals surface area contributed by atoms with E-state index in [-0.39, 0.29) is 6.61 Å². The van der Waals surface area contributed by atoms with Gasteiger partial charge in [-0.2, -0.15) is 9.67 Å². The van der Waals surface area contributed by atoms with Crippen LogP contribution < -0.4 is 15.4 Å². The Hall–Kier alpha value is -3.78. The number of benzene rings is 1. The van der Waals surface area contributed by atoms with Crippen LogP contribution in [0, 0.1) is 0 Å². The van der Waals surface area contributed by atoms with Crippen molar-refractivity contribution in [2.24, 2.45) is 4.99 Å². The number of aromatic nitrogens is 3. The van der Waals surface area contributed by atoms with Gasteiger partial charge in [0, 0.05) is 23.7 Å². The van der Waals surface area contributed by atoms with Gasteiger partial charge in [0.05, 0.1) is 24.9 Å². The predicted octanol–water partition coefficient (Wildman–Crippen LogP) is 0.915. The molecule has 3 heterocycles. The first-order valence-corrected chi connectivity index (χ1v) is 9.40. The van der Waals surface area contributed by atoms with E-state index in [9.17, 15) is 0 Å². The average Bonchev–Trinajstić information content (AvgIpc) is 3.21. The Labute approximate surface area is 174 Å². The third-order valence-corrected chi connectivity index (χ3v) is 4.51. The highest BCUT2D eigenvalue weighted by molar-refractivity contribution is 6.17. The van der Waals surface area contributed by atoms with Crippen molar-refractivity contribution in [2.45, 2.75) is 20.4 Å². The van der Waals surface area contributed by atoms with Crippen molar-refractivity contribution in [3.63, 3.8) is 0 Å². The molecule has 1 aliphatic heterocycles. The van der Waals surface area contributed by atoms with Gasteiger partial charge >= 0.3 is 0 Å². The fourth-order valence-corrected chi connectivity index (χ4v) is 3.27. The zero-order valence-corrected chi connectivity index (χ0v) is 16.8. The first-order chi connectivity index (χ1) is 14.4. The lowest BCUT2D eigenvalue weighted by atomic mass is 10.1. The van der Waals surface area contributed by atoms with Crippen LogP contribution in [0.4, 0.5) is 11.5 Å².